The Morgan fingerprint density at radius 2 is 2.18 bits per heavy atom. The van der Waals surface area contributed by atoms with E-state index in [0.717, 1.165) is 25.5 Å². The molecule has 1 aliphatic rings. The predicted molar refractivity (Wildman–Crippen MR) is 82.0 cm³/mol. The average Bonchev–Trinajstić information content (AvgIpc) is 3.02. The van der Waals surface area contributed by atoms with Gasteiger partial charge in [0.15, 0.2) is 12.1 Å². The van der Waals surface area contributed by atoms with Crippen LogP contribution in [0, 0.1) is 5.92 Å². The molecule has 1 aromatic heterocycles. The topological polar surface area (TPSA) is 101 Å². The number of amides is 1. The summed E-state index contributed by atoms with van der Waals surface area (Å²) in [5.74, 6) is 0.472. The summed E-state index contributed by atoms with van der Waals surface area (Å²) in [6, 6.07) is -0.114. The van der Waals surface area contributed by atoms with Gasteiger partial charge in [-0.05, 0) is 18.8 Å². The van der Waals surface area contributed by atoms with Gasteiger partial charge in [0.05, 0.1) is 6.26 Å². The first-order valence-electron chi connectivity index (χ1n) is 7.47. The molecule has 1 heterocycles. The molecular formula is C14H23N3O4S. The van der Waals surface area contributed by atoms with Crippen LogP contribution in [-0.4, -0.2) is 38.2 Å². The molecule has 1 amide bonds. The molecule has 22 heavy (non-hydrogen) atoms. The number of rotatable bonds is 6. The number of carbonyl (C=O) groups excluding carboxylic acids is 1. The van der Waals surface area contributed by atoms with Gasteiger partial charge in [-0.15, -0.1) is 0 Å². The molecule has 1 aliphatic carbocycles. The summed E-state index contributed by atoms with van der Waals surface area (Å²) in [6.45, 7) is 4.29. The molecule has 0 bridgehead atoms. The molecule has 1 saturated carbocycles. The maximum Gasteiger partial charge on any atom is 0.273 e. The third-order valence-corrected chi connectivity index (χ3v) is 4.61. The fourth-order valence-corrected chi connectivity index (χ4v) is 3.71. The number of sulfonamides is 1. The summed E-state index contributed by atoms with van der Waals surface area (Å²) in [6.07, 6.45) is 5.08. The first kappa shape index (κ1) is 17.0. The Morgan fingerprint density at radius 3 is 2.82 bits per heavy atom. The zero-order valence-corrected chi connectivity index (χ0v) is 13.9. The van der Waals surface area contributed by atoms with Gasteiger partial charge in [-0.25, -0.2) is 18.1 Å². The van der Waals surface area contributed by atoms with Gasteiger partial charge < -0.3 is 9.73 Å². The summed E-state index contributed by atoms with van der Waals surface area (Å²) in [4.78, 5) is 16.2. The highest BCUT2D eigenvalue weighted by Gasteiger charge is 2.30. The number of aromatic nitrogens is 1. The highest BCUT2D eigenvalue weighted by Crippen LogP contribution is 2.26. The number of carbonyl (C=O) groups is 1. The van der Waals surface area contributed by atoms with E-state index in [2.05, 4.69) is 15.0 Å². The second kappa shape index (κ2) is 6.78. The van der Waals surface area contributed by atoms with Crippen LogP contribution in [0.5, 0.6) is 0 Å². The van der Waals surface area contributed by atoms with Gasteiger partial charge >= 0.3 is 0 Å². The van der Waals surface area contributed by atoms with E-state index in [1.165, 1.54) is 6.39 Å². The van der Waals surface area contributed by atoms with E-state index in [1.807, 2.05) is 13.8 Å². The smallest absolute Gasteiger partial charge is 0.273 e. The fraction of sp³-hybridized carbons (Fsp3) is 0.714. The van der Waals surface area contributed by atoms with Crippen molar-refractivity contribution in [2.75, 3.05) is 12.8 Å². The lowest BCUT2D eigenvalue weighted by molar-refractivity contribution is 0.0939. The maximum absolute atomic E-state index is 12.2. The van der Waals surface area contributed by atoms with Crippen LogP contribution >= 0.6 is 0 Å². The molecule has 0 radical (unpaired) electrons. The molecule has 1 aromatic rings. The summed E-state index contributed by atoms with van der Waals surface area (Å²) >= 11 is 0. The third kappa shape index (κ3) is 4.30. The largest absolute Gasteiger partial charge is 0.447 e. The number of hydrogen-bond acceptors (Lipinski definition) is 5. The number of nitrogens with zero attached hydrogens (tertiary/aromatic N) is 1. The van der Waals surface area contributed by atoms with Gasteiger partial charge in [0.2, 0.25) is 10.0 Å². The normalized spacial score (nSPS) is 22.2. The number of hydrogen-bond donors (Lipinski definition) is 2. The first-order chi connectivity index (χ1) is 10.3. The summed E-state index contributed by atoms with van der Waals surface area (Å²) < 4.78 is 30.6. The monoisotopic (exact) mass is 329 g/mol. The third-order valence-electron chi connectivity index (χ3n) is 3.88. The Kier molecular flexibility index (Phi) is 5.23. The SMILES string of the molecule is CC(C)c1ocnc1C(=O)NCC1CCCC1NS(C)(=O)=O. The molecule has 124 valence electrons. The summed E-state index contributed by atoms with van der Waals surface area (Å²) in [5.41, 5.74) is 0.306. The molecule has 7 nitrogen and oxygen atoms in total. The Balaban J connectivity index is 1.94. The van der Waals surface area contributed by atoms with Crippen molar-refractivity contribution < 1.29 is 17.6 Å². The minimum Gasteiger partial charge on any atom is -0.447 e. The van der Waals surface area contributed by atoms with E-state index in [0.29, 0.717) is 18.0 Å². The maximum atomic E-state index is 12.2. The summed E-state index contributed by atoms with van der Waals surface area (Å²) in [7, 11) is -3.23. The van der Waals surface area contributed by atoms with Crippen LogP contribution in [0.15, 0.2) is 10.8 Å². The molecule has 1 fully saturated rings. The van der Waals surface area contributed by atoms with Crippen LogP contribution in [0.3, 0.4) is 0 Å². The van der Waals surface area contributed by atoms with Gasteiger partial charge in [-0.3, -0.25) is 4.79 Å². The lowest BCUT2D eigenvalue weighted by Gasteiger charge is -2.20. The Labute approximate surface area is 130 Å². The Bertz CT molecular complexity index is 624. The molecule has 0 aromatic carbocycles. The first-order valence-corrected chi connectivity index (χ1v) is 9.36. The zero-order valence-electron chi connectivity index (χ0n) is 13.1. The minimum absolute atomic E-state index is 0.0781. The molecule has 0 saturated heterocycles. The van der Waals surface area contributed by atoms with Gasteiger partial charge in [0.1, 0.15) is 5.76 Å². The van der Waals surface area contributed by atoms with Crippen molar-refractivity contribution in [3.05, 3.63) is 17.8 Å². The summed E-state index contributed by atoms with van der Waals surface area (Å²) in [5, 5.41) is 2.84. The second-order valence-corrected chi connectivity index (χ2v) is 7.90. The van der Waals surface area contributed by atoms with Crippen molar-refractivity contribution in [2.24, 2.45) is 5.92 Å². The van der Waals surface area contributed by atoms with Gasteiger partial charge in [0.25, 0.3) is 5.91 Å². The van der Waals surface area contributed by atoms with Crippen molar-refractivity contribution >= 4 is 15.9 Å². The van der Waals surface area contributed by atoms with E-state index in [1.54, 1.807) is 0 Å². The van der Waals surface area contributed by atoms with Gasteiger partial charge in [-0.1, -0.05) is 20.3 Å². The Hall–Kier alpha value is -1.41. The zero-order chi connectivity index (χ0) is 16.3. The van der Waals surface area contributed by atoms with Crippen LogP contribution in [0.1, 0.15) is 55.3 Å². The molecule has 2 unspecified atom stereocenters. The van der Waals surface area contributed by atoms with E-state index in [-0.39, 0.29) is 23.8 Å². The highest BCUT2D eigenvalue weighted by atomic mass is 32.2. The van der Waals surface area contributed by atoms with Crippen molar-refractivity contribution in [1.29, 1.82) is 0 Å². The predicted octanol–water partition coefficient (Wildman–Crippen LogP) is 1.25. The highest BCUT2D eigenvalue weighted by molar-refractivity contribution is 7.88. The van der Waals surface area contributed by atoms with E-state index in [4.69, 9.17) is 4.42 Å². The fourth-order valence-electron chi connectivity index (χ4n) is 2.85. The molecular weight excluding hydrogens is 306 g/mol. The standard InChI is InChI=1S/C14H23N3O4S/c1-9(2)13-12(16-8-21-13)14(18)15-7-10-5-4-6-11(10)17-22(3,19)20/h8-11,17H,4-7H2,1-3H3,(H,15,18). The molecule has 2 N–H and O–H groups in total. The van der Waals surface area contributed by atoms with Crippen LogP contribution in [0.25, 0.3) is 0 Å². The van der Waals surface area contributed by atoms with Crippen LogP contribution in [0.4, 0.5) is 0 Å². The van der Waals surface area contributed by atoms with Crippen molar-refractivity contribution in [3.8, 4) is 0 Å². The number of nitrogens with one attached hydrogen (secondary N) is 2. The van der Waals surface area contributed by atoms with E-state index in [9.17, 15) is 13.2 Å². The average molecular weight is 329 g/mol. The molecule has 8 heteroatoms. The lowest BCUT2D eigenvalue weighted by Crippen LogP contribution is -2.41. The van der Waals surface area contributed by atoms with E-state index < -0.39 is 10.0 Å². The van der Waals surface area contributed by atoms with Crippen LogP contribution < -0.4 is 10.0 Å². The Morgan fingerprint density at radius 1 is 1.45 bits per heavy atom. The molecule has 2 rings (SSSR count). The van der Waals surface area contributed by atoms with Crippen molar-refractivity contribution in [3.63, 3.8) is 0 Å². The molecule has 0 spiro atoms. The quantitative estimate of drug-likeness (QED) is 0.818. The lowest BCUT2D eigenvalue weighted by atomic mass is 10.0. The van der Waals surface area contributed by atoms with Gasteiger partial charge in [-0.2, -0.15) is 0 Å². The van der Waals surface area contributed by atoms with Crippen LogP contribution in [-0.2, 0) is 10.0 Å². The van der Waals surface area contributed by atoms with Gasteiger partial charge in [0, 0.05) is 18.5 Å². The molecule has 0 aliphatic heterocycles. The van der Waals surface area contributed by atoms with Crippen molar-refractivity contribution in [1.82, 2.24) is 15.0 Å². The number of oxazole rings is 1. The van der Waals surface area contributed by atoms with E-state index >= 15 is 0 Å². The van der Waals surface area contributed by atoms with Crippen LogP contribution in [0.2, 0.25) is 0 Å². The molecule has 2 atom stereocenters. The van der Waals surface area contributed by atoms with Crippen molar-refractivity contribution in [2.45, 2.75) is 45.1 Å². The minimum atomic E-state index is -3.23. The second-order valence-electron chi connectivity index (χ2n) is 6.12.